The SMILES string of the molecule is O=C(O)CNCc1cnn(-c2ccc(-c3ccc(F)cc3)nc2)c1-c1ccccc1F. The summed E-state index contributed by atoms with van der Waals surface area (Å²) in [5.74, 6) is -1.73. The van der Waals surface area contributed by atoms with Gasteiger partial charge < -0.3 is 10.4 Å². The molecule has 2 N–H and O–H groups in total. The zero-order chi connectivity index (χ0) is 21.8. The predicted molar refractivity (Wildman–Crippen MR) is 111 cm³/mol. The maximum absolute atomic E-state index is 14.6. The van der Waals surface area contributed by atoms with Crippen LogP contribution in [0.2, 0.25) is 0 Å². The van der Waals surface area contributed by atoms with Crippen LogP contribution in [0.25, 0.3) is 28.2 Å². The average molecular weight is 420 g/mol. The van der Waals surface area contributed by atoms with Gasteiger partial charge in [0.25, 0.3) is 0 Å². The monoisotopic (exact) mass is 420 g/mol. The van der Waals surface area contributed by atoms with Crippen LogP contribution < -0.4 is 5.32 Å². The lowest BCUT2D eigenvalue weighted by Crippen LogP contribution is -2.22. The normalized spacial score (nSPS) is 10.9. The van der Waals surface area contributed by atoms with Crippen molar-refractivity contribution in [2.75, 3.05) is 6.54 Å². The van der Waals surface area contributed by atoms with Crippen molar-refractivity contribution in [1.29, 1.82) is 0 Å². The lowest BCUT2D eigenvalue weighted by molar-refractivity contribution is -0.136. The van der Waals surface area contributed by atoms with Crippen LogP contribution in [0.3, 0.4) is 0 Å². The zero-order valence-corrected chi connectivity index (χ0v) is 16.3. The largest absolute Gasteiger partial charge is 0.480 e. The number of nitrogens with one attached hydrogen (secondary N) is 1. The molecule has 0 bridgehead atoms. The fourth-order valence-corrected chi connectivity index (χ4v) is 3.25. The Labute approximate surface area is 176 Å². The fraction of sp³-hybridized carbons (Fsp3) is 0.0870. The molecule has 0 radical (unpaired) electrons. The highest BCUT2D eigenvalue weighted by Gasteiger charge is 2.18. The first-order chi connectivity index (χ1) is 15.0. The number of carboxylic acids is 1. The zero-order valence-electron chi connectivity index (χ0n) is 16.3. The maximum Gasteiger partial charge on any atom is 0.317 e. The van der Waals surface area contributed by atoms with Crippen LogP contribution >= 0.6 is 0 Å². The van der Waals surface area contributed by atoms with E-state index in [0.717, 1.165) is 5.56 Å². The van der Waals surface area contributed by atoms with E-state index in [1.807, 2.05) is 0 Å². The molecule has 0 spiro atoms. The van der Waals surface area contributed by atoms with Gasteiger partial charge in [0.15, 0.2) is 0 Å². The Morgan fingerprint density at radius 3 is 2.45 bits per heavy atom. The molecule has 0 aliphatic carbocycles. The van der Waals surface area contributed by atoms with E-state index in [-0.39, 0.29) is 18.9 Å². The van der Waals surface area contributed by atoms with Crippen molar-refractivity contribution in [3.63, 3.8) is 0 Å². The van der Waals surface area contributed by atoms with Crippen molar-refractivity contribution < 1.29 is 18.7 Å². The molecule has 6 nitrogen and oxygen atoms in total. The molecule has 2 aromatic heterocycles. The first-order valence-corrected chi connectivity index (χ1v) is 9.49. The Hall–Kier alpha value is -3.91. The number of hydrogen-bond acceptors (Lipinski definition) is 4. The Kier molecular flexibility index (Phi) is 5.81. The van der Waals surface area contributed by atoms with Crippen molar-refractivity contribution in [3.05, 3.63) is 90.3 Å². The van der Waals surface area contributed by atoms with Gasteiger partial charge in [0.05, 0.1) is 36.0 Å². The molecule has 0 fully saturated rings. The third-order valence-electron chi connectivity index (χ3n) is 4.70. The third kappa shape index (κ3) is 4.49. The van der Waals surface area contributed by atoms with Gasteiger partial charge in [-0.3, -0.25) is 9.78 Å². The molecule has 8 heteroatoms. The summed E-state index contributed by atoms with van der Waals surface area (Å²) in [7, 11) is 0. The minimum Gasteiger partial charge on any atom is -0.480 e. The van der Waals surface area contributed by atoms with Crippen molar-refractivity contribution >= 4 is 5.97 Å². The van der Waals surface area contributed by atoms with Crippen LogP contribution in [0.4, 0.5) is 8.78 Å². The van der Waals surface area contributed by atoms with Crippen LogP contribution in [0.1, 0.15) is 5.56 Å². The van der Waals surface area contributed by atoms with E-state index >= 15 is 0 Å². The Morgan fingerprint density at radius 2 is 1.77 bits per heavy atom. The molecule has 0 aliphatic rings. The molecule has 2 aromatic carbocycles. The van der Waals surface area contributed by atoms with Crippen LogP contribution in [0.5, 0.6) is 0 Å². The lowest BCUT2D eigenvalue weighted by atomic mass is 10.1. The van der Waals surface area contributed by atoms with E-state index in [1.54, 1.807) is 59.5 Å². The molecule has 0 unspecified atom stereocenters. The standard InChI is InChI=1S/C23H18F2N4O2/c24-17-7-5-15(6-8-17)21-10-9-18(13-27-21)29-23(19-3-1-2-4-20(19)25)16(12-28-29)11-26-14-22(30)31/h1-10,12-13,26H,11,14H2,(H,30,31). The molecule has 0 aliphatic heterocycles. The van der Waals surface area contributed by atoms with E-state index in [2.05, 4.69) is 15.4 Å². The molecule has 0 amide bonds. The number of pyridine rings is 1. The lowest BCUT2D eigenvalue weighted by Gasteiger charge is -2.12. The molecule has 0 atom stereocenters. The number of carboxylic acid groups (broad SMARTS) is 1. The van der Waals surface area contributed by atoms with E-state index in [4.69, 9.17) is 5.11 Å². The van der Waals surface area contributed by atoms with Gasteiger partial charge >= 0.3 is 5.97 Å². The highest BCUT2D eigenvalue weighted by atomic mass is 19.1. The molecule has 2 heterocycles. The van der Waals surface area contributed by atoms with Crippen molar-refractivity contribution in [2.24, 2.45) is 0 Å². The van der Waals surface area contributed by atoms with Gasteiger partial charge in [-0.25, -0.2) is 13.5 Å². The number of benzene rings is 2. The molecule has 0 saturated carbocycles. The van der Waals surface area contributed by atoms with Gasteiger partial charge in [-0.15, -0.1) is 0 Å². The molecular weight excluding hydrogens is 402 g/mol. The Morgan fingerprint density at radius 1 is 1.00 bits per heavy atom. The van der Waals surface area contributed by atoms with Crippen LogP contribution in [0, 0.1) is 11.6 Å². The van der Waals surface area contributed by atoms with E-state index < -0.39 is 11.8 Å². The average Bonchev–Trinajstić information content (AvgIpc) is 3.18. The van der Waals surface area contributed by atoms with Gasteiger partial charge in [0.2, 0.25) is 0 Å². The highest BCUT2D eigenvalue weighted by Crippen LogP contribution is 2.29. The number of nitrogens with zero attached hydrogens (tertiary/aromatic N) is 3. The van der Waals surface area contributed by atoms with Crippen LogP contribution in [0.15, 0.2) is 73.1 Å². The van der Waals surface area contributed by atoms with E-state index in [9.17, 15) is 13.6 Å². The summed E-state index contributed by atoms with van der Waals surface area (Å²) >= 11 is 0. The van der Waals surface area contributed by atoms with Gasteiger partial charge in [-0.1, -0.05) is 12.1 Å². The topological polar surface area (TPSA) is 80.0 Å². The number of hydrogen-bond donors (Lipinski definition) is 2. The predicted octanol–water partition coefficient (Wildman–Crippen LogP) is 4.05. The number of rotatable bonds is 7. The van der Waals surface area contributed by atoms with Crippen LogP contribution in [-0.2, 0) is 11.3 Å². The second-order valence-electron chi connectivity index (χ2n) is 6.82. The van der Waals surface area contributed by atoms with Gasteiger partial charge in [0, 0.05) is 23.2 Å². The summed E-state index contributed by atoms with van der Waals surface area (Å²) < 4.78 is 29.3. The maximum atomic E-state index is 14.6. The molecule has 156 valence electrons. The second-order valence-corrected chi connectivity index (χ2v) is 6.82. The second kappa shape index (κ2) is 8.85. The number of carbonyl (C=O) groups is 1. The number of aliphatic carboxylic acids is 1. The number of aromatic nitrogens is 3. The first kappa shape index (κ1) is 20.4. The third-order valence-corrected chi connectivity index (χ3v) is 4.70. The first-order valence-electron chi connectivity index (χ1n) is 9.49. The highest BCUT2D eigenvalue weighted by molar-refractivity contribution is 5.69. The van der Waals surface area contributed by atoms with E-state index in [0.29, 0.717) is 28.2 Å². The fourth-order valence-electron chi connectivity index (χ4n) is 3.25. The smallest absolute Gasteiger partial charge is 0.317 e. The summed E-state index contributed by atoms with van der Waals surface area (Å²) in [5.41, 5.74) is 3.53. The summed E-state index contributed by atoms with van der Waals surface area (Å²) in [6.45, 7) is -0.0210. The minimum absolute atomic E-state index is 0.205. The summed E-state index contributed by atoms with van der Waals surface area (Å²) in [6.07, 6.45) is 3.18. The minimum atomic E-state index is -0.986. The van der Waals surface area contributed by atoms with Crippen LogP contribution in [-0.4, -0.2) is 32.4 Å². The molecular formula is C23H18F2N4O2. The molecule has 4 aromatic rings. The van der Waals surface area contributed by atoms with E-state index in [1.165, 1.54) is 18.2 Å². The molecule has 0 saturated heterocycles. The molecule has 4 rings (SSSR count). The van der Waals surface area contributed by atoms with Crippen molar-refractivity contribution in [3.8, 4) is 28.2 Å². The molecule has 31 heavy (non-hydrogen) atoms. The quantitative estimate of drug-likeness (QED) is 0.472. The van der Waals surface area contributed by atoms with Crippen molar-refractivity contribution in [2.45, 2.75) is 6.54 Å². The van der Waals surface area contributed by atoms with Gasteiger partial charge in [-0.05, 0) is 48.5 Å². The van der Waals surface area contributed by atoms with Gasteiger partial charge in [-0.2, -0.15) is 5.10 Å². The summed E-state index contributed by atoms with van der Waals surface area (Å²) in [5, 5.41) is 16.1. The summed E-state index contributed by atoms with van der Waals surface area (Å²) in [6, 6.07) is 15.9. The van der Waals surface area contributed by atoms with Crippen molar-refractivity contribution in [1.82, 2.24) is 20.1 Å². The summed E-state index contributed by atoms with van der Waals surface area (Å²) in [4.78, 5) is 15.3. The Balaban J connectivity index is 1.72. The van der Waals surface area contributed by atoms with Gasteiger partial charge in [0.1, 0.15) is 11.6 Å². The Bertz CT molecular complexity index is 1210. The number of halogens is 2.